The maximum Gasteiger partial charge on any atom is 0.240 e. The molecule has 2 rings (SSSR count). The summed E-state index contributed by atoms with van der Waals surface area (Å²) in [6.45, 7) is 9.15. The van der Waals surface area contributed by atoms with E-state index in [9.17, 15) is 9.59 Å². The number of amides is 2. The molecule has 5 nitrogen and oxygen atoms in total. The quantitative estimate of drug-likeness (QED) is 0.918. The fourth-order valence-corrected chi connectivity index (χ4v) is 3.61. The number of likely N-dealkylation sites (tertiary alicyclic amines) is 1. The predicted molar refractivity (Wildman–Crippen MR) is 92.4 cm³/mol. The third kappa shape index (κ3) is 5.03. The average molecular weight is 337 g/mol. The number of nitrogens with one attached hydrogen (secondary N) is 1. The molecule has 1 saturated heterocycles. The van der Waals surface area contributed by atoms with Gasteiger partial charge in [0.1, 0.15) is 5.01 Å². The number of hydrogen-bond donors (Lipinski definition) is 1. The van der Waals surface area contributed by atoms with Crippen LogP contribution < -0.4 is 5.32 Å². The van der Waals surface area contributed by atoms with Crippen LogP contribution in [0.1, 0.15) is 70.1 Å². The highest BCUT2D eigenvalue weighted by atomic mass is 32.1. The monoisotopic (exact) mass is 337 g/mol. The van der Waals surface area contributed by atoms with Crippen molar-refractivity contribution in [2.45, 2.75) is 64.8 Å². The summed E-state index contributed by atoms with van der Waals surface area (Å²) in [5.74, 6) is -0.0187. The molecule has 128 valence electrons. The van der Waals surface area contributed by atoms with Crippen LogP contribution in [0.5, 0.6) is 0 Å². The second-order valence-electron chi connectivity index (χ2n) is 7.24. The molecule has 1 atom stereocenters. The minimum Gasteiger partial charge on any atom is -0.346 e. The Bertz CT molecular complexity index is 562. The molecule has 1 aromatic rings. The Kier molecular flexibility index (Phi) is 5.79. The average Bonchev–Trinajstić information content (AvgIpc) is 2.87. The first kappa shape index (κ1) is 17.9. The van der Waals surface area contributed by atoms with E-state index < -0.39 is 0 Å². The third-order valence-electron chi connectivity index (χ3n) is 4.04. The summed E-state index contributed by atoms with van der Waals surface area (Å²) < 4.78 is 0. The Balaban J connectivity index is 1.91. The minimum absolute atomic E-state index is 0.0109. The number of carbonyl (C=O) groups is 2. The van der Waals surface area contributed by atoms with Gasteiger partial charge in [-0.25, -0.2) is 4.98 Å². The van der Waals surface area contributed by atoms with Crippen molar-refractivity contribution in [3.8, 4) is 0 Å². The normalized spacial score (nSPS) is 17.7. The van der Waals surface area contributed by atoms with Crippen molar-refractivity contribution in [1.82, 2.24) is 15.2 Å². The molecule has 1 aliphatic rings. The Morgan fingerprint density at radius 1 is 1.39 bits per heavy atom. The summed E-state index contributed by atoms with van der Waals surface area (Å²) >= 11 is 1.57. The molecule has 2 heterocycles. The summed E-state index contributed by atoms with van der Waals surface area (Å²) in [5, 5.41) is 5.92. The lowest BCUT2D eigenvalue weighted by Crippen LogP contribution is -2.41. The number of nitrogens with zero attached hydrogens (tertiary/aromatic N) is 2. The predicted octanol–water partition coefficient (Wildman–Crippen LogP) is 3.02. The lowest BCUT2D eigenvalue weighted by atomic mass is 9.93. The van der Waals surface area contributed by atoms with Gasteiger partial charge in [0.2, 0.25) is 11.8 Å². The molecule has 0 saturated carbocycles. The van der Waals surface area contributed by atoms with Crippen LogP contribution >= 0.6 is 11.3 Å². The summed E-state index contributed by atoms with van der Waals surface area (Å²) in [5.41, 5.74) is 1.05. The molecule has 0 radical (unpaired) electrons. The summed E-state index contributed by atoms with van der Waals surface area (Å²) in [6, 6.07) is -0.134. The van der Waals surface area contributed by atoms with Gasteiger partial charge < -0.3 is 10.2 Å². The van der Waals surface area contributed by atoms with Crippen molar-refractivity contribution >= 4 is 23.2 Å². The molecular formula is C17H27N3O2S. The van der Waals surface area contributed by atoms with Gasteiger partial charge in [-0.05, 0) is 19.8 Å². The first-order chi connectivity index (χ1) is 10.8. The number of hydrogen-bond acceptors (Lipinski definition) is 4. The molecule has 6 heteroatoms. The number of rotatable bonds is 4. The van der Waals surface area contributed by atoms with Gasteiger partial charge >= 0.3 is 0 Å². The van der Waals surface area contributed by atoms with Crippen LogP contribution in [0, 0.1) is 0 Å². The van der Waals surface area contributed by atoms with Gasteiger partial charge in [0, 0.05) is 23.8 Å². The van der Waals surface area contributed by atoms with Crippen LogP contribution in [0.15, 0.2) is 5.38 Å². The minimum atomic E-state index is -0.134. The highest BCUT2D eigenvalue weighted by Gasteiger charge is 2.22. The van der Waals surface area contributed by atoms with Gasteiger partial charge in [0.05, 0.1) is 18.3 Å². The second kappa shape index (κ2) is 7.43. The van der Waals surface area contributed by atoms with E-state index in [1.165, 1.54) is 0 Å². The van der Waals surface area contributed by atoms with E-state index in [4.69, 9.17) is 0 Å². The Morgan fingerprint density at radius 3 is 2.78 bits per heavy atom. The highest BCUT2D eigenvalue weighted by Crippen LogP contribution is 2.26. The van der Waals surface area contributed by atoms with E-state index in [1.807, 2.05) is 6.92 Å². The van der Waals surface area contributed by atoms with Crippen LogP contribution in [-0.4, -0.2) is 34.8 Å². The van der Waals surface area contributed by atoms with Crippen LogP contribution in [0.4, 0.5) is 0 Å². The van der Waals surface area contributed by atoms with Crippen molar-refractivity contribution in [2.75, 3.05) is 13.1 Å². The largest absolute Gasteiger partial charge is 0.346 e. The molecular weight excluding hydrogens is 310 g/mol. The van der Waals surface area contributed by atoms with E-state index in [1.54, 1.807) is 16.2 Å². The van der Waals surface area contributed by atoms with Gasteiger partial charge in [0.15, 0.2) is 0 Å². The van der Waals surface area contributed by atoms with Crippen molar-refractivity contribution in [3.63, 3.8) is 0 Å². The van der Waals surface area contributed by atoms with E-state index >= 15 is 0 Å². The molecule has 2 amide bonds. The molecule has 0 unspecified atom stereocenters. The molecule has 1 aliphatic heterocycles. The van der Waals surface area contributed by atoms with Gasteiger partial charge in [-0.2, -0.15) is 0 Å². The Labute approximate surface area is 142 Å². The lowest BCUT2D eigenvalue weighted by Gasteiger charge is -2.21. The molecule has 1 N–H and O–H groups in total. The molecule has 0 aromatic carbocycles. The number of aromatic nitrogens is 1. The van der Waals surface area contributed by atoms with E-state index in [0.29, 0.717) is 13.0 Å². The van der Waals surface area contributed by atoms with E-state index in [2.05, 4.69) is 36.5 Å². The molecule has 0 bridgehead atoms. The maximum atomic E-state index is 12.2. The number of carbonyl (C=O) groups excluding carboxylic acids is 2. The first-order valence-electron chi connectivity index (χ1n) is 8.30. The summed E-state index contributed by atoms with van der Waals surface area (Å²) in [4.78, 5) is 30.5. The zero-order chi connectivity index (χ0) is 17.0. The molecule has 0 aliphatic carbocycles. The van der Waals surface area contributed by atoms with Gasteiger partial charge in [-0.15, -0.1) is 11.3 Å². The number of thiazole rings is 1. The van der Waals surface area contributed by atoms with Gasteiger partial charge in [-0.3, -0.25) is 9.59 Å². The zero-order valence-electron chi connectivity index (χ0n) is 14.5. The van der Waals surface area contributed by atoms with Crippen LogP contribution in [0.3, 0.4) is 0 Å². The highest BCUT2D eigenvalue weighted by molar-refractivity contribution is 7.09. The topological polar surface area (TPSA) is 62.3 Å². The SMILES string of the molecule is C[C@@H](NC(=O)CN1CCCCCC1=O)c1nc(C(C)(C)C)cs1. The van der Waals surface area contributed by atoms with Crippen molar-refractivity contribution in [3.05, 3.63) is 16.1 Å². The summed E-state index contributed by atoms with van der Waals surface area (Å²) in [6.07, 6.45) is 3.54. The first-order valence-corrected chi connectivity index (χ1v) is 9.18. The summed E-state index contributed by atoms with van der Waals surface area (Å²) in [7, 11) is 0. The van der Waals surface area contributed by atoms with Crippen molar-refractivity contribution in [2.24, 2.45) is 0 Å². The maximum absolute atomic E-state index is 12.2. The van der Waals surface area contributed by atoms with Crippen LogP contribution in [0.2, 0.25) is 0 Å². The third-order valence-corrected chi connectivity index (χ3v) is 5.07. The van der Waals surface area contributed by atoms with E-state index in [0.717, 1.165) is 30.0 Å². The fourth-order valence-electron chi connectivity index (χ4n) is 2.56. The standard InChI is InChI=1S/C17H27N3O2S/c1-12(16-19-13(11-23-16)17(2,3)4)18-14(21)10-20-9-7-5-6-8-15(20)22/h11-12H,5-10H2,1-4H3,(H,18,21)/t12-/m1/s1. The van der Waals surface area contributed by atoms with Crippen molar-refractivity contribution in [1.29, 1.82) is 0 Å². The molecule has 23 heavy (non-hydrogen) atoms. The smallest absolute Gasteiger partial charge is 0.240 e. The van der Waals surface area contributed by atoms with Gasteiger partial charge in [0.25, 0.3) is 0 Å². The van der Waals surface area contributed by atoms with E-state index in [-0.39, 0.29) is 29.8 Å². The Hall–Kier alpha value is -1.43. The van der Waals surface area contributed by atoms with Crippen LogP contribution in [0.25, 0.3) is 0 Å². The second-order valence-corrected chi connectivity index (χ2v) is 8.13. The molecule has 1 aromatic heterocycles. The van der Waals surface area contributed by atoms with Crippen LogP contribution in [-0.2, 0) is 15.0 Å². The van der Waals surface area contributed by atoms with Gasteiger partial charge in [-0.1, -0.05) is 27.2 Å². The Morgan fingerprint density at radius 2 is 2.13 bits per heavy atom. The van der Waals surface area contributed by atoms with Crippen molar-refractivity contribution < 1.29 is 9.59 Å². The lowest BCUT2D eigenvalue weighted by molar-refractivity contribution is -0.135. The fraction of sp³-hybridized carbons (Fsp3) is 0.706. The molecule has 1 fully saturated rings. The zero-order valence-corrected chi connectivity index (χ0v) is 15.3. The molecule has 0 spiro atoms.